The van der Waals surface area contributed by atoms with E-state index in [4.69, 9.17) is 11.6 Å². The number of sulfone groups is 1. The summed E-state index contributed by atoms with van der Waals surface area (Å²) in [5.41, 5.74) is 0.534. The van der Waals surface area contributed by atoms with E-state index in [1.165, 1.54) is 11.8 Å². The number of hydrogen-bond acceptors (Lipinski definition) is 6. The minimum Gasteiger partial charge on any atom is -0.324 e. The third kappa shape index (κ3) is 5.37. The summed E-state index contributed by atoms with van der Waals surface area (Å²) < 4.78 is 26.9. The predicted molar refractivity (Wildman–Crippen MR) is 114 cm³/mol. The smallest absolute Gasteiger partial charge is 0.234 e. The molecule has 1 amide bonds. The summed E-state index contributed by atoms with van der Waals surface area (Å²) in [4.78, 5) is 12.4. The summed E-state index contributed by atoms with van der Waals surface area (Å²) in [5.74, 6) is -0.0727. The summed E-state index contributed by atoms with van der Waals surface area (Å²) in [7, 11) is -3.54. The average Bonchev–Trinajstić information content (AvgIpc) is 3.09. The van der Waals surface area contributed by atoms with Gasteiger partial charge in [-0.1, -0.05) is 53.7 Å². The van der Waals surface area contributed by atoms with E-state index in [-0.39, 0.29) is 22.3 Å². The molecule has 0 unspecified atom stereocenters. The molecule has 3 aromatic rings. The van der Waals surface area contributed by atoms with Gasteiger partial charge in [-0.05, 0) is 31.2 Å². The highest BCUT2D eigenvalue weighted by atomic mass is 35.5. The molecule has 29 heavy (non-hydrogen) atoms. The molecule has 0 aliphatic carbocycles. The van der Waals surface area contributed by atoms with E-state index in [0.717, 1.165) is 0 Å². The molecule has 0 fully saturated rings. The van der Waals surface area contributed by atoms with Crippen molar-refractivity contribution >= 4 is 44.8 Å². The zero-order valence-electron chi connectivity index (χ0n) is 15.6. The fourth-order valence-electron chi connectivity index (χ4n) is 2.61. The molecular formula is C19H19ClN4O3S2. The van der Waals surface area contributed by atoms with Gasteiger partial charge in [0, 0.05) is 6.54 Å². The maximum absolute atomic E-state index is 12.6. The van der Waals surface area contributed by atoms with E-state index in [1.807, 2.05) is 6.92 Å². The van der Waals surface area contributed by atoms with Crippen molar-refractivity contribution in [1.29, 1.82) is 0 Å². The van der Waals surface area contributed by atoms with Crippen LogP contribution < -0.4 is 5.32 Å². The van der Waals surface area contributed by atoms with Gasteiger partial charge in [-0.15, -0.1) is 10.2 Å². The van der Waals surface area contributed by atoms with Crippen molar-refractivity contribution in [2.24, 2.45) is 0 Å². The minimum absolute atomic E-state index is 0.0921. The molecule has 0 saturated heterocycles. The maximum atomic E-state index is 12.6. The number of thioether (sulfide) groups is 1. The number of para-hydroxylation sites is 1. The highest BCUT2D eigenvalue weighted by Gasteiger charge is 2.21. The molecule has 0 aliphatic heterocycles. The highest BCUT2D eigenvalue weighted by molar-refractivity contribution is 7.99. The zero-order valence-corrected chi connectivity index (χ0v) is 18.0. The van der Waals surface area contributed by atoms with E-state index < -0.39 is 9.84 Å². The van der Waals surface area contributed by atoms with Gasteiger partial charge in [0.2, 0.25) is 5.91 Å². The molecule has 0 radical (unpaired) electrons. The number of anilines is 1. The lowest BCUT2D eigenvalue weighted by Crippen LogP contribution is -2.15. The van der Waals surface area contributed by atoms with Crippen LogP contribution in [0.3, 0.4) is 0 Å². The van der Waals surface area contributed by atoms with Crippen molar-refractivity contribution in [3.63, 3.8) is 0 Å². The Morgan fingerprint density at radius 2 is 1.79 bits per heavy atom. The molecule has 0 atom stereocenters. The van der Waals surface area contributed by atoms with Crippen LogP contribution in [0.15, 0.2) is 64.6 Å². The predicted octanol–water partition coefficient (Wildman–Crippen LogP) is 3.66. The van der Waals surface area contributed by atoms with E-state index in [1.54, 1.807) is 59.2 Å². The van der Waals surface area contributed by atoms with Crippen LogP contribution in [0.25, 0.3) is 0 Å². The first kappa shape index (κ1) is 21.4. The van der Waals surface area contributed by atoms with Crippen molar-refractivity contribution < 1.29 is 13.2 Å². The number of rotatable bonds is 8. The van der Waals surface area contributed by atoms with Gasteiger partial charge in [-0.3, -0.25) is 4.79 Å². The first-order chi connectivity index (χ1) is 13.9. The normalized spacial score (nSPS) is 11.4. The molecule has 0 bridgehead atoms. The second-order valence-corrected chi connectivity index (χ2v) is 9.37. The maximum Gasteiger partial charge on any atom is 0.234 e. The summed E-state index contributed by atoms with van der Waals surface area (Å²) in [6.45, 7) is 2.36. The fraction of sp³-hybridized carbons (Fsp3) is 0.211. The number of benzene rings is 2. The average molecular weight is 451 g/mol. The number of nitrogens with one attached hydrogen (secondary N) is 1. The van der Waals surface area contributed by atoms with Crippen LogP contribution >= 0.6 is 23.4 Å². The molecule has 0 spiro atoms. The molecule has 0 aliphatic rings. The van der Waals surface area contributed by atoms with Crippen molar-refractivity contribution in [1.82, 2.24) is 14.8 Å². The summed E-state index contributed by atoms with van der Waals surface area (Å²) >= 11 is 7.23. The van der Waals surface area contributed by atoms with Gasteiger partial charge >= 0.3 is 0 Å². The van der Waals surface area contributed by atoms with Crippen LogP contribution in [0.5, 0.6) is 0 Å². The van der Waals surface area contributed by atoms with Crippen LogP contribution in [0.4, 0.5) is 5.69 Å². The molecule has 1 heterocycles. The number of aromatic nitrogens is 3. The van der Waals surface area contributed by atoms with Gasteiger partial charge in [-0.2, -0.15) is 0 Å². The Morgan fingerprint density at radius 3 is 2.48 bits per heavy atom. The van der Waals surface area contributed by atoms with Crippen molar-refractivity contribution in [2.45, 2.75) is 29.3 Å². The highest BCUT2D eigenvalue weighted by Crippen LogP contribution is 2.23. The molecule has 152 valence electrons. The van der Waals surface area contributed by atoms with Crippen LogP contribution in [0.2, 0.25) is 5.02 Å². The molecule has 3 rings (SSSR count). The van der Waals surface area contributed by atoms with Crippen molar-refractivity contribution in [3.8, 4) is 0 Å². The van der Waals surface area contributed by atoms with E-state index in [9.17, 15) is 13.2 Å². The number of carbonyl (C=O) groups is 1. The summed E-state index contributed by atoms with van der Waals surface area (Å²) in [6.07, 6.45) is 0. The number of amides is 1. The topological polar surface area (TPSA) is 93.9 Å². The van der Waals surface area contributed by atoms with E-state index in [2.05, 4.69) is 15.5 Å². The SMILES string of the molecule is CCn1c(CS(=O)(=O)c2ccccc2)nnc1SCC(=O)Nc1ccccc1Cl. The molecule has 1 N–H and O–H groups in total. The van der Waals surface area contributed by atoms with Gasteiger partial charge in [0.15, 0.2) is 15.0 Å². The monoisotopic (exact) mass is 450 g/mol. The molecule has 0 saturated carbocycles. The van der Waals surface area contributed by atoms with Gasteiger partial charge in [0.1, 0.15) is 11.6 Å². The van der Waals surface area contributed by atoms with Crippen molar-refractivity contribution in [3.05, 3.63) is 65.4 Å². The van der Waals surface area contributed by atoms with Gasteiger partial charge in [-0.25, -0.2) is 8.42 Å². The first-order valence-electron chi connectivity index (χ1n) is 8.77. The molecular weight excluding hydrogens is 432 g/mol. The van der Waals surface area contributed by atoms with E-state index in [0.29, 0.717) is 28.2 Å². The summed E-state index contributed by atoms with van der Waals surface area (Å²) in [6, 6.07) is 15.2. The Bertz CT molecular complexity index is 1100. The van der Waals surface area contributed by atoms with Crippen molar-refractivity contribution in [2.75, 3.05) is 11.1 Å². The Balaban J connectivity index is 1.68. The van der Waals surface area contributed by atoms with Gasteiger partial charge in [0.25, 0.3) is 0 Å². The number of halogens is 1. The lowest BCUT2D eigenvalue weighted by atomic mass is 10.3. The third-order valence-corrected chi connectivity index (χ3v) is 6.94. The molecule has 1 aromatic heterocycles. The zero-order chi connectivity index (χ0) is 20.9. The van der Waals surface area contributed by atoms with Crippen LogP contribution in [0, 0.1) is 0 Å². The largest absolute Gasteiger partial charge is 0.324 e. The minimum atomic E-state index is -3.54. The van der Waals surface area contributed by atoms with Crippen LogP contribution in [-0.2, 0) is 26.9 Å². The molecule has 7 nitrogen and oxygen atoms in total. The quantitative estimate of drug-likeness (QED) is 0.526. The Kier molecular flexibility index (Phi) is 6.94. The number of nitrogens with zero attached hydrogens (tertiary/aromatic N) is 3. The molecule has 2 aromatic carbocycles. The third-order valence-electron chi connectivity index (χ3n) is 4.01. The molecule has 10 heteroatoms. The summed E-state index contributed by atoms with van der Waals surface area (Å²) in [5, 5.41) is 11.8. The van der Waals surface area contributed by atoms with Gasteiger partial charge < -0.3 is 9.88 Å². The fourth-order valence-corrected chi connectivity index (χ4v) is 4.91. The van der Waals surface area contributed by atoms with Gasteiger partial charge in [0.05, 0.1) is 21.4 Å². The Morgan fingerprint density at radius 1 is 1.10 bits per heavy atom. The lowest BCUT2D eigenvalue weighted by molar-refractivity contribution is -0.113. The van der Waals surface area contributed by atoms with Crippen LogP contribution in [0.1, 0.15) is 12.7 Å². The first-order valence-corrected chi connectivity index (χ1v) is 11.8. The Labute approximate surface area is 178 Å². The Hall–Kier alpha value is -2.36. The second kappa shape index (κ2) is 9.43. The standard InChI is InChI=1S/C19H19ClN4O3S2/c1-2-24-17(13-29(26,27)14-8-4-3-5-9-14)22-23-19(24)28-12-18(25)21-16-11-7-6-10-15(16)20/h3-11H,2,12-13H2,1H3,(H,21,25). The number of hydrogen-bond donors (Lipinski definition) is 1. The second-order valence-electron chi connectivity index (χ2n) is 6.03. The van der Waals surface area contributed by atoms with E-state index >= 15 is 0 Å². The lowest BCUT2D eigenvalue weighted by Gasteiger charge is -2.09. The van der Waals surface area contributed by atoms with Crippen LogP contribution in [-0.4, -0.2) is 34.8 Å². The number of carbonyl (C=O) groups excluding carboxylic acids is 1.